The molecule has 0 N–H and O–H groups in total. The van der Waals surface area contributed by atoms with Crippen molar-refractivity contribution in [1.82, 2.24) is 29.8 Å². The fourth-order valence-corrected chi connectivity index (χ4v) is 4.18. The first-order chi connectivity index (χ1) is 15.0. The third-order valence-electron chi connectivity index (χ3n) is 6.07. The highest BCUT2D eigenvalue weighted by Crippen LogP contribution is 2.38. The van der Waals surface area contributed by atoms with Crippen LogP contribution in [0, 0.1) is 13.8 Å². The molecule has 0 bridgehead atoms. The normalized spacial score (nSPS) is 15.9. The van der Waals surface area contributed by atoms with Crippen molar-refractivity contribution in [3.63, 3.8) is 0 Å². The lowest BCUT2D eigenvalue weighted by Crippen LogP contribution is -2.47. The van der Waals surface area contributed by atoms with Crippen LogP contribution in [0.15, 0.2) is 35.1 Å². The highest BCUT2D eigenvalue weighted by Gasteiger charge is 2.41. The van der Waals surface area contributed by atoms with Crippen LogP contribution >= 0.6 is 0 Å². The van der Waals surface area contributed by atoms with Gasteiger partial charge in [-0.25, -0.2) is 0 Å². The number of likely N-dealkylation sites (tertiary alicyclic amines) is 1. The van der Waals surface area contributed by atoms with Crippen LogP contribution in [0.3, 0.4) is 0 Å². The van der Waals surface area contributed by atoms with E-state index in [1.807, 2.05) is 36.9 Å². The molecule has 0 aromatic carbocycles. The summed E-state index contributed by atoms with van der Waals surface area (Å²) in [4.78, 5) is 23.5. The molecule has 4 heterocycles. The van der Waals surface area contributed by atoms with Gasteiger partial charge in [0.25, 0.3) is 5.89 Å². The summed E-state index contributed by atoms with van der Waals surface area (Å²) >= 11 is 0. The topological polar surface area (TPSA) is 99.2 Å². The Balaban J connectivity index is 1.48. The summed E-state index contributed by atoms with van der Waals surface area (Å²) in [5.41, 5.74) is 2.48. The Bertz CT molecular complexity index is 1020. The van der Waals surface area contributed by atoms with Crippen molar-refractivity contribution in [1.29, 1.82) is 0 Å². The van der Waals surface area contributed by atoms with Gasteiger partial charge in [-0.3, -0.25) is 14.5 Å². The lowest BCUT2D eigenvalue weighted by Gasteiger charge is -2.39. The number of pyridine rings is 1. The zero-order chi connectivity index (χ0) is 21.8. The average Bonchev–Trinajstić information content (AvgIpc) is 3.40. The van der Waals surface area contributed by atoms with Crippen LogP contribution in [0.1, 0.15) is 36.5 Å². The van der Waals surface area contributed by atoms with E-state index in [2.05, 4.69) is 15.2 Å². The second-order valence-electron chi connectivity index (χ2n) is 8.15. The molecule has 3 aromatic heterocycles. The zero-order valence-electron chi connectivity index (χ0n) is 18.2. The molecule has 3 aromatic rings. The van der Waals surface area contributed by atoms with Crippen LogP contribution in [-0.4, -0.2) is 62.5 Å². The van der Waals surface area contributed by atoms with Gasteiger partial charge in [-0.05, 0) is 51.3 Å². The molecule has 164 valence electrons. The van der Waals surface area contributed by atoms with Crippen molar-refractivity contribution in [2.45, 2.75) is 45.1 Å². The van der Waals surface area contributed by atoms with Gasteiger partial charge in [-0.1, -0.05) is 5.16 Å². The number of hydrogen-bond donors (Lipinski definition) is 0. The summed E-state index contributed by atoms with van der Waals surface area (Å²) in [7, 11) is 1.69. The molecule has 0 atom stereocenters. The molecular weight excluding hydrogens is 396 g/mol. The minimum atomic E-state index is -0.278. The van der Waals surface area contributed by atoms with Crippen molar-refractivity contribution in [2.24, 2.45) is 0 Å². The van der Waals surface area contributed by atoms with Crippen LogP contribution in [0.2, 0.25) is 0 Å². The summed E-state index contributed by atoms with van der Waals surface area (Å²) in [5.74, 6) is 1.25. The molecule has 9 nitrogen and oxygen atoms in total. The van der Waals surface area contributed by atoms with Crippen LogP contribution in [-0.2, 0) is 21.5 Å². The standard InChI is InChI=1S/C22H28N6O3/c1-16-14-17(2)28(25-16)15-19(29)27-11-6-22(7-12-27,8-13-30-3)21-24-20(31-26-21)18-4-9-23-10-5-18/h4-5,9-10,14H,6-8,11-13,15H2,1-3H3. The molecule has 1 saturated heterocycles. The van der Waals surface area contributed by atoms with Crippen LogP contribution in [0.25, 0.3) is 11.5 Å². The molecular formula is C22H28N6O3. The third kappa shape index (κ3) is 4.51. The maximum atomic E-state index is 12.9. The van der Waals surface area contributed by atoms with E-state index >= 15 is 0 Å². The van der Waals surface area contributed by atoms with Crippen molar-refractivity contribution in [3.05, 3.63) is 47.8 Å². The Kier molecular flexibility index (Phi) is 6.13. The van der Waals surface area contributed by atoms with Crippen LogP contribution in [0.4, 0.5) is 0 Å². The monoisotopic (exact) mass is 424 g/mol. The maximum absolute atomic E-state index is 12.9. The number of amides is 1. The van der Waals surface area contributed by atoms with E-state index in [0.29, 0.717) is 31.4 Å². The molecule has 0 aliphatic carbocycles. The lowest BCUT2D eigenvalue weighted by atomic mass is 9.75. The highest BCUT2D eigenvalue weighted by atomic mass is 16.5. The van der Waals surface area contributed by atoms with E-state index in [1.165, 1.54) is 0 Å². The molecule has 9 heteroatoms. The Morgan fingerprint density at radius 2 is 1.97 bits per heavy atom. The Morgan fingerprint density at radius 3 is 2.61 bits per heavy atom. The number of hydrogen-bond acceptors (Lipinski definition) is 7. The van der Waals surface area contributed by atoms with Gasteiger partial charge in [0.1, 0.15) is 6.54 Å². The summed E-state index contributed by atoms with van der Waals surface area (Å²) in [6.45, 7) is 6.04. The number of rotatable bonds is 7. The molecule has 1 aliphatic heterocycles. The van der Waals surface area contributed by atoms with Gasteiger partial charge < -0.3 is 14.2 Å². The van der Waals surface area contributed by atoms with Gasteiger partial charge in [0.05, 0.1) is 5.69 Å². The number of methoxy groups -OCH3 is 1. The van der Waals surface area contributed by atoms with Crippen LogP contribution < -0.4 is 0 Å². The van der Waals surface area contributed by atoms with E-state index in [4.69, 9.17) is 14.2 Å². The second kappa shape index (κ2) is 8.97. The first-order valence-corrected chi connectivity index (χ1v) is 10.5. The number of nitrogens with zero attached hydrogens (tertiary/aromatic N) is 6. The molecule has 0 spiro atoms. The van der Waals surface area contributed by atoms with Crippen molar-refractivity contribution >= 4 is 5.91 Å². The minimum Gasteiger partial charge on any atom is -0.385 e. The molecule has 31 heavy (non-hydrogen) atoms. The SMILES string of the molecule is COCCC1(c2noc(-c3ccncc3)n2)CCN(C(=O)Cn2nc(C)cc2C)CC1. The zero-order valence-corrected chi connectivity index (χ0v) is 18.2. The van der Waals surface area contributed by atoms with Crippen molar-refractivity contribution < 1.29 is 14.1 Å². The van der Waals surface area contributed by atoms with E-state index in [-0.39, 0.29) is 17.9 Å². The lowest BCUT2D eigenvalue weighted by molar-refractivity contribution is -0.133. The Hall–Kier alpha value is -3.07. The molecule has 1 aliphatic rings. The first kappa shape index (κ1) is 21.2. The second-order valence-corrected chi connectivity index (χ2v) is 8.15. The van der Waals surface area contributed by atoms with E-state index in [0.717, 1.165) is 36.2 Å². The highest BCUT2D eigenvalue weighted by molar-refractivity contribution is 5.76. The number of ether oxygens (including phenoxy) is 1. The summed E-state index contributed by atoms with van der Waals surface area (Å²) in [6.07, 6.45) is 5.70. The fourth-order valence-electron chi connectivity index (χ4n) is 4.18. The van der Waals surface area contributed by atoms with Gasteiger partial charge in [0.15, 0.2) is 5.82 Å². The third-order valence-corrected chi connectivity index (χ3v) is 6.07. The average molecular weight is 425 g/mol. The summed E-state index contributed by atoms with van der Waals surface area (Å²) in [6, 6.07) is 5.68. The molecule has 0 unspecified atom stereocenters. The predicted molar refractivity (Wildman–Crippen MR) is 113 cm³/mol. The van der Waals surface area contributed by atoms with E-state index < -0.39 is 0 Å². The molecule has 0 radical (unpaired) electrons. The smallest absolute Gasteiger partial charge is 0.258 e. The van der Waals surface area contributed by atoms with Gasteiger partial charge in [0, 0.05) is 55.9 Å². The van der Waals surface area contributed by atoms with E-state index in [9.17, 15) is 4.79 Å². The van der Waals surface area contributed by atoms with E-state index in [1.54, 1.807) is 24.2 Å². The summed E-state index contributed by atoms with van der Waals surface area (Å²) < 4.78 is 12.7. The molecule has 1 fully saturated rings. The number of carbonyl (C=O) groups excluding carboxylic acids is 1. The summed E-state index contributed by atoms with van der Waals surface area (Å²) in [5, 5.41) is 8.72. The Labute approximate surface area is 181 Å². The minimum absolute atomic E-state index is 0.0807. The maximum Gasteiger partial charge on any atom is 0.258 e. The largest absolute Gasteiger partial charge is 0.385 e. The molecule has 1 amide bonds. The van der Waals surface area contributed by atoms with Crippen molar-refractivity contribution in [2.75, 3.05) is 26.8 Å². The predicted octanol–water partition coefficient (Wildman–Crippen LogP) is 2.54. The number of aryl methyl sites for hydroxylation is 2. The first-order valence-electron chi connectivity index (χ1n) is 10.5. The van der Waals surface area contributed by atoms with Gasteiger partial charge in [-0.15, -0.1) is 0 Å². The van der Waals surface area contributed by atoms with Gasteiger partial charge >= 0.3 is 0 Å². The number of carbonyl (C=O) groups is 1. The molecule has 4 rings (SSSR count). The quantitative estimate of drug-likeness (QED) is 0.575. The fraction of sp³-hybridized carbons (Fsp3) is 0.500. The Morgan fingerprint density at radius 1 is 1.23 bits per heavy atom. The van der Waals surface area contributed by atoms with Crippen LogP contribution in [0.5, 0.6) is 0 Å². The van der Waals surface area contributed by atoms with Gasteiger partial charge in [-0.2, -0.15) is 10.1 Å². The molecule has 0 saturated carbocycles. The number of aromatic nitrogens is 5. The van der Waals surface area contributed by atoms with Gasteiger partial charge in [0.2, 0.25) is 5.91 Å². The number of piperidine rings is 1. The van der Waals surface area contributed by atoms with Crippen molar-refractivity contribution in [3.8, 4) is 11.5 Å².